The van der Waals surface area contributed by atoms with E-state index in [1.807, 2.05) is 0 Å². The Morgan fingerprint density at radius 2 is 1.57 bits per heavy atom. The van der Waals surface area contributed by atoms with E-state index in [1.54, 1.807) is 79.6 Å². The van der Waals surface area contributed by atoms with Crippen molar-refractivity contribution in [1.29, 1.82) is 0 Å². The lowest BCUT2D eigenvalue weighted by atomic mass is 10.1. The van der Waals surface area contributed by atoms with Gasteiger partial charge in [0.15, 0.2) is 0 Å². The van der Waals surface area contributed by atoms with Crippen LogP contribution in [-0.4, -0.2) is 82.4 Å². The Hall–Kier alpha value is -3.37. The van der Waals surface area contributed by atoms with E-state index in [0.717, 1.165) is 0 Å². The molecular formula is C24H36FN5O5. The number of amides is 4. The van der Waals surface area contributed by atoms with E-state index >= 15 is 0 Å². The average Bonchev–Trinajstić information content (AvgIpc) is 2.68. The summed E-state index contributed by atoms with van der Waals surface area (Å²) in [4.78, 5) is 48.2. The molecule has 1 aromatic carbocycles. The topological polar surface area (TPSA) is 95.0 Å². The van der Waals surface area contributed by atoms with E-state index in [4.69, 9.17) is 9.47 Å². The van der Waals surface area contributed by atoms with Crippen molar-refractivity contribution < 1.29 is 28.2 Å². The second-order valence-electron chi connectivity index (χ2n) is 10.5. The van der Waals surface area contributed by atoms with Crippen molar-refractivity contribution in [2.45, 2.75) is 66.2 Å². The first-order valence-electron chi connectivity index (χ1n) is 11.3. The van der Waals surface area contributed by atoms with E-state index < -0.39 is 23.4 Å². The number of aryl methyl sites for hydroxylation is 1. The average molecular weight is 494 g/mol. The van der Waals surface area contributed by atoms with Crippen molar-refractivity contribution in [2.24, 2.45) is 4.99 Å². The van der Waals surface area contributed by atoms with Crippen molar-refractivity contribution in [1.82, 2.24) is 19.6 Å². The number of carbonyl (C=O) groups is 3. The Morgan fingerprint density at radius 3 is 2.06 bits per heavy atom. The molecule has 0 atom stereocenters. The highest BCUT2D eigenvalue weighted by Crippen LogP contribution is 2.19. The summed E-state index contributed by atoms with van der Waals surface area (Å²) in [6, 6.07) is 4.23. The number of hydrogen-bond donors (Lipinski definition) is 0. The second kappa shape index (κ2) is 10.5. The van der Waals surface area contributed by atoms with Crippen LogP contribution >= 0.6 is 0 Å². The zero-order chi connectivity index (χ0) is 26.7. The van der Waals surface area contributed by atoms with Gasteiger partial charge >= 0.3 is 18.2 Å². The summed E-state index contributed by atoms with van der Waals surface area (Å²) in [6.07, 6.45) is -1.66. The van der Waals surface area contributed by atoms with Crippen molar-refractivity contribution in [2.75, 3.05) is 27.4 Å². The van der Waals surface area contributed by atoms with Gasteiger partial charge in [-0.1, -0.05) is 12.1 Å². The van der Waals surface area contributed by atoms with Crippen LogP contribution in [0.5, 0.6) is 0 Å². The molecule has 0 N–H and O–H groups in total. The molecule has 1 saturated heterocycles. The number of hydrogen-bond acceptors (Lipinski definition) is 5. The van der Waals surface area contributed by atoms with Gasteiger partial charge in [0.2, 0.25) is 5.96 Å². The van der Waals surface area contributed by atoms with Crippen molar-refractivity contribution in [3.05, 3.63) is 35.1 Å². The zero-order valence-corrected chi connectivity index (χ0v) is 22.0. The Balaban J connectivity index is 2.59. The Kier molecular flexibility index (Phi) is 8.35. The Bertz CT molecular complexity index is 985. The molecule has 35 heavy (non-hydrogen) atoms. The monoisotopic (exact) mass is 493 g/mol. The van der Waals surface area contributed by atoms with Gasteiger partial charge in [-0.15, -0.1) is 4.99 Å². The maximum Gasteiger partial charge on any atom is 0.437 e. The van der Waals surface area contributed by atoms with Gasteiger partial charge in [0, 0.05) is 14.1 Å². The van der Waals surface area contributed by atoms with Crippen LogP contribution in [0.3, 0.4) is 0 Å². The van der Waals surface area contributed by atoms with Gasteiger partial charge in [0.05, 0.1) is 19.9 Å². The van der Waals surface area contributed by atoms with E-state index in [9.17, 15) is 18.8 Å². The molecule has 4 amide bonds. The van der Waals surface area contributed by atoms with Gasteiger partial charge in [-0.2, -0.15) is 0 Å². The molecule has 0 unspecified atom stereocenters. The van der Waals surface area contributed by atoms with Gasteiger partial charge in [-0.3, -0.25) is 0 Å². The standard InChI is InChI=1S/C24H36FN5O5/c1-16-12-17(10-11-18(16)25)13-30(22(33)35-24(5,6)7)19(26-20(31)34-23(2,3)4)29-14-27(8)21(32)28(9)15-29/h10-12H,13-15H2,1-9H3/b26-19+. The molecule has 194 valence electrons. The number of urea groups is 1. The smallest absolute Gasteiger partial charge is 0.437 e. The molecule has 1 aliphatic rings. The number of rotatable bonds is 2. The SMILES string of the molecule is Cc1cc(CN(C(=O)OC(C)(C)C)/C(=N/C(=O)OC(C)(C)C)N2CN(C)C(=O)N(C)C2)ccc1F. The summed E-state index contributed by atoms with van der Waals surface area (Å²) in [6.45, 7) is 11.9. The first-order valence-corrected chi connectivity index (χ1v) is 11.3. The lowest BCUT2D eigenvalue weighted by Crippen LogP contribution is -2.60. The highest BCUT2D eigenvalue weighted by Gasteiger charge is 2.35. The van der Waals surface area contributed by atoms with E-state index in [1.165, 1.54) is 20.8 Å². The lowest BCUT2D eigenvalue weighted by Gasteiger charge is -2.42. The van der Waals surface area contributed by atoms with Gasteiger partial charge in [0.1, 0.15) is 17.0 Å². The third-order valence-electron chi connectivity index (χ3n) is 4.70. The lowest BCUT2D eigenvalue weighted by molar-refractivity contribution is 0.0300. The fraction of sp³-hybridized carbons (Fsp3) is 0.583. The number of halogens is 1. The number of guanidine groups is 1. The summed E-state index contributed by atoms with van der Waals surface area (Å²) < 4.78 is 24.9. The highest BCUT2D eigenvalue weighted by molar-refractivity contribution is 5.99. The second-order valence-corrected chi connectivity index (χ2v) is 10.5. The maximum atomic E-state index is 13.9. The minimum atomic E-state index is -0.904. The number of carbonyl (C=O) groups excluding carboxylic acids is 3. The van der Waals surface area contributed by atoms with Crippen LogP contribution in [0.4, 0.5) is 18.8 Å². The molecule has 2 rings (SSSR count). The molecule has 0 saturated carbocycles. The molecule has 1 aromatic rings. The predicted octanol–water partition coefficient (Wildman–Crippen LogP) is 4.38. The third kappa shape index (κ3) is 8.11. The number of nitrogens with zero attached hydrogens (tertiary/aromatic N) is 5. The van der Waals surface area contributed by atoms with Crippen molar-refractivity contribution in [3.8, 4) is 0 Å². The van der Waals surface area contributed by atoms with Gasteiger partial charge in [-0.25, -0.2) is 23.7 Å². The summed E-state index contributed by atoms with van der Waals surface area (Å²) in [7, 11) is 3.19. The first-order chi connectivity index (χ1) is 16.0. The minimum absolute atomic E-state index is 0.0540. The van der Waals surface area contributed by atoms with Gasteiger partial charge < -0.3 is 24.2 Å². The molecular weight excluding hydrogens is 457 g/mol. The van der Waals surface area contributed by atoms with Crippen molar-refractivity contribution >= 4 is 24.2 Å². The van der Waals surface area contributed by atoms with Gasteiger partial charge in [-0.05, 0) is 65.7 Å². The van der Waals surface area contributed by atoms with Crippen LogP contribution in [0, 0.1) is 12.7 Å². The summed E-state index contributed by atoms with van der Waals surface area (Å²) in [5.41, 5.74) is -0.653. The minimum Gasteiger partial charge on any atom is -0.443 e. The largest absolute Gasteiger partial charge is 0.443 e. The number of aliphatic imine (C=N–C) groups is 1. The highest BCUT2D eigenvalue weighted by atomic mass is 19.1. The number of benzene rings is 1. The van der Waals surface area contributed by atoms with E-state index in [-0.39, 0.29) is 37.7 Å². The van der Waals surface area contributed by atoms with Crippen LogP contribution < -0.4 is 0 Å². The van der Waals surface area contributed by atoms with Gasteiger partial charge in [0.25, 0.3) is 0 Å². The fourth-order valence-corrected chi connectivity index (χ4v) is 3.29. The molecule has 0 bridgehead atoms. The first kappa shape index (κ1) is 27.9. The van der Waals surface area contributed by atoms with Crippen LogP contribution in [0.2, 0.25) is 0 Å². The Morgan fingerprint density at radius 1 is 1.03 bits per heavy atom. The molecule has 0 spiro atoms. The molecule has 0 radical (unpaired) electrons. The van der Waals surface area contributed by atoms with E-state index in [0.29, 0.717) is 11.1 Å². The molecule has 1 heterocycles. The quantitative estimate of drug-likeness (QED) is 0.448. The van der Waals surface area contributed by atoms with Crippen LogP contribution in [-0.2, 0) is 16.0 Å². The summed E-state index contributed by atoms with van der Waals surface area (Å²) >= 11 is 0. The third-order valence-corrected chi connectivity index (χ3v) is 4.70. The van der Waals surface area contributed by atoms with E-state index in [2.05, 4.69) is 4.99 Å². The fourth-order valence-electron chi connectivity index (χ4n) is 3.29. The van der Waals surface area contributed by atoms with Crippen LogP contribution in [0.1, 0.15) is 52.7 Å². The molecule has 1 aliphatic heterocycles. The molecule has 0 aromatic heterocycles. The summed E-state index contributed by atoms with van der Waals surface area (Å²) in [5.74, 6) is -0.431. The van der Waals surface area contributed by atoms with Crippen molar-refractivity contribution in [3.63, 3.8) is 0 Å². The molecule has 0 aliphatic carbocycles. The zero-order valence-electron chi connectivity index (χ0n) is 22.0. The molecule has 1 fully saturated rings. The maximum absolute atomic E-state index is 13.9. The normalized spacial score (nSPS) is 15.3. The predicted molar refractivity (Wildman–Crippen MR) is 129 cm³/mol. The summed E-state index contributed by atoms with van der Waals surface area (Å²) in [5, 5.41) is 0. The van der Waals surface area contributed by atoms with Crippen LogP contribution in [0.25, 0.3) is 0 Å². The molecule has 11 heteroatoms. The Labute approximate surface area is 206 Å². The molecule has 10 nitrogen and oxygen atoms in total. The number of ether oxygens (including phenoxy) is 2. The van der Waals surface area contributed by atoms with Crippen LogP contribution in [0.15, 0.2) is 23.2 Å².